The predicted octanol–water partition coefficient (Wildman–Crippen LogP) is 2.83. The number of aryl methyl sites for hydroxylation is 1. The summed E-state index contributed by atoms with van der Waals surface area (Å²) >= 11 is 5.97. The molecule has 1 aromatic rings. The van der Waals surface area contributed by atoms with Gasteiger partial charge in [-0.05, 0) is 25.3 Å². The summed E-state index contributed by atoms with van der Waals surface area (Å²) in [5.41, 5.74) is -0.00297. The Morgan fingerprint density at radius 3 is 2.53 bits per heavy atom. The van der Waals surface area contributed by atoms with Gasteiger partial charge in [0.05, 0.1) is 17.2 Å². The number of aliphatic hydroxyl groups is 1. The fraction of sp³-hybridized carbons (Fsp3) is 0.643. The van der Waals surface area contributed by atoms with Crippen molar-refractivity contribution in [3.05, 3.63) is 23.0 Å². The SMILES string of the molecule is CCCn1cc(Cl)cc1C(=O)NC(CC)(CC)CO. The van der Waals surface area contributed by atoms with Gasteiger partial charge < -0.3 is 15.0 Å². The van der Waals surface area contributed by atoms with Crippen molar-refractivity contribution in [1.29, 1.82) is 0 Å². The number of aromatic nitrogens is 1. The van der Waals surface area contributed by atoms with Crippen LogP contribution in [0.15, 0.2) is 12.3 Å². The van der Waals surface area contributed by atoms with E-state index < -0.39 is 5.54 Å². The molecule has 0 aromatic carbocycles. The average Bonchev–Trinajstić information content (AvgIpc) is 2.77. The van der Waals surface area contributed by atoms with Crippen LogP contribution in [0.1, 0.15) is 50.5 Å². The summed E-state index contributed by atoms with van der Waals surface area (Å²) in [5.74, 6) is -0.182. The Kier molecular flexibility index (Phi) is 5.88. The van der Waals surface area contributed by atoms with E-state index in [9.17, 15) is 9.90 Å². The predicted molar refractivity (Wildman–Crippen MR) is 77.6 cm³/mol. The molecule has 108 valence electrons. The number of rotatable bonds is 7. The highest BCUT2D eigenvalue weighted by Gasteiger charge is 2.28. The minimum Gasteiger partial charge on any atom is -0.394 e. The monoisotopic (exact) mass is 286 g/mol. The summed E-state index contributed by atoms with van der Waals surface area (Å²) in [6.45, 7) is 6.65. The van der Waals surface area contributed by atoms with Crippen molar-refractivity contribution in [3.8, 4) is 0 Å². The molecule has 0 bridgehead atoms. The van der Waals surface area contributed by atoms with Crippen molar-refractivity contribution in [2.24, 2.45) is 0 Å². The zero-order chi connectivity index (χ0) is 14.5. The zero-order valence-corrected chi connectivity index (χ0v) is 12.6. The van der Waals surface area contributed by atoms with E-state index in [4.69, 9.17) is 11.6 Å². The lowest BCUT2D eigenvalue weighted by Crippen LogP contribution is -2.50. The highest BCUT2D eigenvalue weighted by molar-refractivity contribution is 6.31. The molecular formula is C14H23ClN2O2. The molecule has 1 aromatic heterocycles. The molecule has 0 aliphatic carbocycles. The molecule has 0 saturated carbocycles. The van der Waals surface area contributed by atoms with Crippen molar-refractivity contribution in [2.45, 2.75) is 52.1 Å². The van der Waals surface area contributed by atoms with Gasteiger partial charge >= 0.3 is 0 Å². The molecule has 5 heteroatoms. The first-order valence-corrected chi connectivity index (χ1v) is 7.18. The maximum atomic E-state index is 12.3. The molecule has 0 spiro atoms. The third-order valence-electron chi connectivity index (χ3n) is 3.60. The largest absolute Gasteiger partial charge is 0.394 e. The van der Waals surface area contributed by atoms with Gasteiger partial charge in [-0.25, -0.2) is 0 Å². The molecule has 1 heterocycles. The van der Waals surface area contributed by atoms with Gasteiger partial charge in [-0.1, -0.05) is 32.4 Å². The maximum Gasteiger partial charge on any atom is 0.268 e. The van der Waals surface area contributed by atoms with Crippen molar-refractivity contribution in [3.63, 3.8) is 0 Å². The lowest BCUT2D eigenvalue weighted by atomic mass is 9.93. The van der Waals surface area contributed by atoms with E-state index in [1.807, 2.05) is 25.3 Å². The van der Waals surface area contributed by atoms with E-state index in [2.05, 4.69) is 5.32 Å². The summed E-state index contributed by atoms with van der Waals surface area (Å²) in [4.78, 5) is 12.3. The first-order chi connectivity index (χ1) is 9.01. The molecule has 0 aliphatic heterocycles. The quantitative estimate of drug-likeness (QED) is 0.810. The van der Waals surface area contributed by atoms with Crippen molar-refractivity contribution < 1.29 is 9.90 Å². The molecule has 2 N–H and O–H groups in total. The van der Waals surface area contributed by atoms with Crippen LogP contribution in [0.3, 0.4) is 0 Å². The average molecular weight is 287 g/mol. The highest BCUT2D eigenvalue weighted by atomic mass is 35.5. The lowest BCUT2D eigenvalue weighted by molar-refractivity contribution is 0.0808. The van der Waals surface area contributed by atoms with Gasteiger partial charge in [0.1, 0.15) is 5.69 Å². The van der Waals surface area contributed by atoms with Crippen LogP contribution in [0.4, 0.5) is 0 Å². The Morgan fingerprint density at radius 1 is 1.42 bits per heavy atom. The first-order valence-electron chi connectivity index (χ1n) is 6.81. The number of aliphatic hydroxyl groups excluding tert-OH is 1. The van der Waals surface area contributed by atoms with Crippen molar-refractivity contribution in [1.82, 2.24) is 9.88 Å². The Bertz CT molecular complexity index is 417. The van der Waals surface area contributed by atoms with Crippen molar-refractivity contribution in [2.75, 3.05) is 6.61 Å². The lowest BCUT2D eigenvalue weighted by Gasteiger charge is -2.30. The molecule has 0 radical (unpaired) electrons. The van der Waals surface area contributed by atoms with E-state index in [-0.39, 0.29) is 12.5 Å². The number of amides is 1. The topological polar surface area (TPSA) is 54.3 Å². The normalized spacial score (nSPS) is 11.6. The third-order valence-corrected chi connectivity index (χ3v) is 3.80. The smallest absolute Gasteiger partial charge is 0.268 e. The summed E-state index contributed by atoms with van der Waals surface area (Å²) < 4.78 is 1.85. The molecule has 0 fully saturated rings. The van der Waals surface area contributed by atoms with Crippen LogP contribution in [0, 0.1) is 0 Å². The molecule has 0 unspecified atom stereocenters. The second-order valence-corrected chi connectivity index (χ2v) is 5.27. The standard InChI is InChI=1S/C14H23ClN2O2/c1-4-7-17-9-11(15)8-12(17)13(19)16-14(5-2,6-3)10-18/h8-9,18H,4-7,10H2,1-3H3,(H,16,19). The fourth-order valence-electron chi connectivity index (χ4n) is 2.09. The van der Waals surface area contributed by atoms with E-state index >= 15 is 0 Å². The van der Waals surface area contributed by atoms with Crippen LogP contribution in [-0.2, 0) is 6.54 Å². The highest BCUT2D eigenvalue weighted by Crippen LogP contribution is 2.18. The number of hydrogen-bond acceptors (Lipinski definition) is 2. The molecule has 0 saturated heterocycles. The summed E-state index contributed by atoms with van der Waals surface area (Å²) in [7, 11) is 0. The Labute approximate surface area is 119 Å². The summed E-state index contributed by atoms with van der Waals surface area (Å²) in [6, 6.07) is 1.67. The second kappa shape index (κ2) is 6.96. The second-order valence-electron chi connectivity index (χ2n) is 4.84. The van der Waals surface area contributed by atoms with E-state index in [1.165, 1.54) is 0 Å². The van der Waals surface area contributed by atoms with Crippen LogP contribution >= 0.6 is 11.6 Å². The van der Waals surface area contributed by atoms with Gasteiger partial charge in [-0.3, -0.25) is 4.79 Å². The molecule has 19 heavy (non-hydrogen) atoms. The van der Waals surface area contributed by atoms with Gasteiger partial charge in [-0.15, -0.1) is 0 Å². The van der Waals surface area contributed by atoms with E-state index in [0.29, 0.717) is 23.6 Å². The number of carbonyl (C=O) groups is 1. The van der Waals surface area contributed by atoms with Crippen LogP contribution in [0.25, 0.3) is 0 Å². The number of hydrogen-bond donors (Lipinski definition) is 2. The third kappa shape index (κ3) is 3.74. The van der Waals surface area contributed by atoms with Crippen LogP contribution in [-0.4, -0.2) is 27.7 Å². The minimum atomic E-state index is -0.551. The van der Waals surface area contributed by atoms with Gasteiger partial charge in [-0.2, -0.15) is 0 Å². The number of nitrogens with one attached hydrogen (secondary N) is 1. The molecular weight excluding hydrogens is 264 g/mol. The van der Waals surface area contributed by atoms with E-state index in [1.54, 1.807) is 12.3 Å². The van der Waals surface area contributed by atoms with Crippen LogP contribution in [0.2, 0.25) is 5.02 Å². The summed E-state index contributed by atoms with van der Waals surface area (Å²) in [6.07, 6.45) is 4.07. The number of halogens is 1. The molecule has 0 aliphatic rings. The molecule has 0 atom stereocenters. The van der Waals surface area contributed by atoms with Crippen LogP contribution < -0.4 is 5.32 Å². The molecule has 1 amide bonds. The molecule has 4 nitrogen and oxygen atoms in total. The zero-order valence-electron chi connectivity index (χ0n) is 11.9. The Hall–Kier alpha value is -1.00. The summed E-state index contributed by atoms with van der Waals surface area (Å²) in [5, 5.41) is 13.0. The number of carbonyl (C=O) groups excluding carboxylic acids is 1. The van der Waals surface area contributed by atoms with Gasteiger partial charge in [0.15, 0.2) is 0 Å². The fourth-order valence-corrected chi connectivity index (χ4v) is 2.31. The van der Waals surface area contributed by atoms with Crippen LogP contribution in [0.5, 0.6) is 0 Å². The van der Waals surface area contributed by atoms with Crippen molar-refractivity contribution >= 4 is 17.5 Å². The van der Waals surface area contributed by atoms with Gasteiger partial charge in [0.2, 0.25) is 0 Å². The Balaban J connectivity index is 2.94. The number of nitrogens with zero attached hydrogens (tertiary/aromatic N) is 1. The first kappa shape index (κ1) is 16.1. The molecule has 1 rings (SSSR count). The van der Waals surface area contributed by atoms with E-state index in [0.717, 1.165) is 13.0 Å². The maximum absolute atomic E-state index is 12.3. The van der Waals surface area contributed by atoms with Gasteiger partial charge in [0, 0.05) is 12.7 Å². The van der Waals surface area contributed by atoms with Gasteiger partial charge in [0.25, 0.3) is 5.91 Å². The minimum absolute atomic E-state index is 0.0615. The Morgan fingerprint density at radius 2 is 2.05 bits per heavy atom.